The lowest BCUT2D eigenvalue weighted by atomic mass is 9.78. The van der Waals surface area contributed by atoms with E-state index in [0.29, 0.717) is 13.0 Å². The maximum atomic E-state index is 12.6. The second-order valence-corrected chi connectivity index (χ2v) is 8.25. The molecule has 0 bridgehead atoms. The van der Waals surface area contributed by atoms with E-state index in [-0.39, 0.29) is 23.1 Å². The molecule has 1 unspecified atom stereocenters. The van der Waals surface area contributed by atoms with Crippen LogP contribution < -0.4 is 5.46 Å². The number of hydrogen-bond donors (Lipinski definition) is 0. The Hall–Kier alpha value is -2.11. The van der Waals surface area contributed by atoms with Gasteiger partial charge >= 0.3 is 13.1 Å². The summed E-state index contributed by atoms with van der Waals surface area (Å²) in [6.45, 7) is 10.4. The molecule has 0 radical (unpaired) electrons. The smallest absolute Gasteiger partial charge is 0.466 e. The van der Waals surface area contributed by atoms with Crippen molar-refractivity contribution < 1.29 is 18.8 Å². The highest BCUT2D eigenvalue weighted by Crippen LogP contribution is 2.36. The molecule has 0 saturated carbocycles. The van der Waals surface area contributed by atoms with E-state index in [4.69, 9.17) is 14.0 Å². The van der Waals surface area contributed by atoms with Crippen LogP contribution in [-0.4, -0.2) is 30.9 Å². The lowest BCUT2D eigenvalue weighted by Gasteiger charge is -2.32. The molecule has 1 fully saturated rings. The molecule has 5 heteroatoms. The van der Waals surface area contributed by atoms with E-state index < -0.39 is 7.12 Å². The number of hydrogen-bond acceptors (Lipinski definition) is 4. The highest BCUT2D eigenvalue weighted by molar-refractivity contribution is 6.62. The molecule has 3 rings (SSSR count). The van der Waals surface area contributed by atoms with Crippen LogP contribution in [0.2, 0.25) is 0 Å². The Kier molecular flexibility index (Phi) is 5.97. The van der Waals surface area contributed by atoms with Crippen LogP contribution in [0.15, 0.2) is 54.6 Å². The SMILES string of the molecule is CCOC(=O)C(Cc1ccccc1)c1ccc(B2OC(C)(C)C(C)(C)O2)cc1. The Labute approximate surface area is 168 Å². The first-order valence-electron chi connectivity index (χ1n) is 9.89. The molecule has 0 aliphatic carbocycles. The van der Waals surface area contributed by atoms with E-state index in [2.05, 4.69) is 0 Å². The number of ether oxygens (including phenoxy) is 1. The fraction of sp³-hybridized carbons (Fsp3) is 0.435. The van der Waals surface area contributed by atoms with Gasteiger partial charge in [0, 0.05) is 0 Å². The van der Waals surface area contributed by atoms with Crippen LogP contribution in [0.1, 0.15) is 51.7 Å². The van der Waals surface area contributed by atoms with Crippen LogP contribution in [0.3, 0.4) is 0 Å². The van der Waals surface area contributed by atoms with Crippen molar-refractivity contribution in [3.8, 4) is 0 Å². The third-order valence-electron chi connectivity index (χ3n) is 5.72. The molecule has 1 atom stereocenters. The van der Waals surface area contributed by atoms with Crippen LogP contribution in [0.4, 0.5) is 0 Å². The summed E-state index contributed by atoms with van der Waals surface area (Å²) in [5.74, 6) is -0.538. The molecule has 1 heterocycles. The van der Waals surface area contributed by atoms with Crippen LogP contribution in [0.25, 0.3) is 0 Å². The van der Waals surface area contributed by atoms with Crippen molar-refractivity contribution in [2.24, 2.45) is 0 Å². The molecule has 0 aromatic heterocycles. The quantitative estimate of drug-likeness (QED) is 0.564. The van der Waals surface area contributed by atoms with Crippen molar-refractivity contribution in [1.29, 1.82) is 0 Å². The Bertz CT molecular complexity index is 783. The molecule has 1 aliphatic rings. The summed E-state index contributed by atoms with van der Waals surface area (Å²) in [6, 6.07) is 17.9. The van der Waals surface area contributed by atoms with Gasteiger partial charge in [0.2, 0.25) is 0 Å². The second-order valence-electron chi connectivity index (χ2n) is 8.25. The predicted octanol–water partition coefficient (Wildman–Crippen LogP) is 3.88. The zero-order valence-corrected chi connectivity index (χ0v) is 17.4. The molecular formula is C23H29BO4. The van der Waals surface area contributed by atoms with E-state index in [1.807, 2.05) is 89.2 Å². The van der Waals surface area contributed by atoms with Gasteiger partial charge in [-0.3, -0.25) is 4.79 Å². The monoisotopic (exact) mass is 380 g/mol. The molecule has 0 amide bonds. The largest absolute Gasteiger partial charge is 0.494 e. The first-order chi connectivity index (χ1) is 13.2. The number of carbonyl (C=O) groups excluding carboxylic acids is 1. The number of esters is 1. The summed E-state index contributed by atoms with van der Waals surface area (Å²) in [7, 11) is -0.408. The van der Waals surface area contributed by atoms with E-state index in [0.717, 1.165) is 16.6 Å². The molecule has 0 spiro atoms. The van der Waals surface area contributed by atoms with Gasteiger partial charge in [-0.15, -0.1) is 0 Å². The summed E-state index contributed by atoms with van der Waals surface area (Å²) < 4.78 is 17.6. The Morgan fingerprint density at radius 2 is 1.54 bits per heavy atom. The van der Waals surface area contributed by atoms with Crippen molar-refractivity contribution in [2.75, 3.05) is 6.61 Å². The van der Waals surface area contributed by atoms with Gasteiger partial charge in [-0.05, 0) is 57.6 Å². The molecular weight excluding hydrogens is 351 g/mol. The Morgan fingerprint density at radius 3 is 2.07 bits per heavy atom. The molecule has 2 aromatic carbocycles. The Balaban J connectivity index is 1.81. The Morgan fingerprint density at radius 1 is 0.964 bits per heavy atom. The van der Waals surface area contributed by atoms with Crippen LogP contribution >= 0.6 is 0 Å². The lowest BCUT2D eigenvalue weighted by molar-refractivity contribution is -0.144. The topological polar surface area (TPSA) is 44.8 Å². The van der Waals surface area contributed by atoms with E-state index in [9.17, 15) is 4.79 Å². The van der Waals surface area contributed by atoms with Crippen LogP contribution in [0.5, 0.6) is 0 Å². The third-order valence-corrected chi connectivity index (χ3v) is 5.72. The van der Waals surface area contributed by atoms with Gasteiger partial charge < -0.3 is 14.0 Å². The molecule has 28 heavy (non-hydrogen) atoms. The van der Waals surface area contributed by atoms with Gasteiger partial charge in [-0.2, -0.15) is 0 Å². The van der Waals surface area contributed by atoms with E-state index >= 15 is 0 Å². The highest BCUT2D eigenvalue weighted by Gasteiger charge is 2.51. The summed E-state index contributed by atoms with van der Waals surface area (Å²) in [5, 5.41) is 0. The summed E-state index contributed by atoms with van der Waals surface area (Å²) in [5.41, 5.74) is 2.23. The molecule has 1 saturated heterocycles. The van der Waals surface area contributed by atoms with Crippen molar-refractivity contribution in [3.05, 3.63) is 65.7 Å². The van der Waals surface area contributed by atoms with Gasteiger partial charge in [-0.1, -0.05) is 54.6 Å². The summed E-state index contributed by atoms with van der Waals surface area (Å²) >= 11 is 0. The minimum Gasteiger partial charge on any atom is -0.466 e. The average molecular weight is 380 g/mol. The zero-order chi connectivity index (χ0) is 20.4. The number of carbonyl (C=O) groups is 1. The summed E-state index contributed by atoms with van der Waals surface area (Å²) in [4.78, 5) is 12.6. The number of rotatable bonds is 6. The van der Waals surface area contributed by atoms with Gasteiger partial charge in [0.1, 0.15) is 0 Å². The normalized spacial score (nSPS) is 18.7. The van der Waals surface area contributed by atoms with E-state index in [1.165, 1.54) is 0 Å². The van der Waals surface area contributed by atoms with Crippen molar-refractivity contribution in [2.45, 2.75) is 58.2 Å². The third kappa shape index (κ3) is 4.31. The first-order valence-corrected chi connectivity index (χ1v) is 9.89. The second kappa shape index (κ2) is 8.10. The van der Waals surface area contributed by atoms with E-state index in [1.54, 1.807) is 0 Å². The van der Waals surface area contributed by atoms with Crippen LogP contribution in [-0.2, 0) is 25.3 Å². The van der Waals surface area contributed by atoms with Gasteiger partial charge in [0.05, 0.1) is 23.7 Å². The van der Waals surface area contributed by atoms with Crippen molar-refractivity contribution in [1.82, 2.24) is 0 Å². The maximum Gasteiger partial charge on any atom is 0.494 e. The first kappa shape index (κ1) is 20.6. The maximum absolute atomic E-state index is 12.6. The molecule has 1 aliphatic heterocycles. The predicted molar refractivity (Wildman–Crippen MR) is 112 cm³/mol. The fourth-order valence-electron chi connectivity index (χ4n) is 3.29. The minimum absolute atomic E-state index is 0.199. The molecule has 0 N–H and O–H groups in total. The standard InChI is InChI=1S/C23H29BO4/c1-6-26-21(25)20(16-17-10-8-7-9-11-17)18-12-14-19(15-13-18)24-27-22(2,3)23(4,5)28-24/h7-15,20H,6,16H2,1-5H3. The summed E-state index contributed by atoms with van der Waals surface area (Å²) in [6.07, 6.45) is 0.607. The number of benzene rings is 2. The highest BCUT2D eigenvalue weighted by atomic mass is 16.7. The average Bonchev–Trinajstić information content (AvgIpc) is 2.88. The van der Waals surface area contributed by atoms with Crippen molar-refractivity contribution >= 4 is 18.6 Å². The molecule has 148 valence electrons. The lowest BCUT2D eigenvalue weighted by Crippen LogP contribution is -2.41. The molecule has 4 nitrogen and oxygen atoms in total. The van der Waals surface area contributed by atoms with Gasteiger partial charge in [-0.25, -0.2) is 0 Å². The van der Waals surface area contributed by atoms with Gasteiger partial charge in [0.25, 0.3) is 0 Å². The zero-order valence-electron chi connectivity index (χ0n) is 17.4. The van der Waals surface area contributed by atoms with Crippen LogP contribution in [0, 0.1) is 0 Å². The fourth-order valence-corrected chi connectivity index (χ4v) is 3.29. The van der Waals surface area contributed by atoms with Crippen molar-refractivity contribution in [3.63, 3.8) is 0 Å². The van der Waals surface area contributed by atoms with Gasteiger partial charge in [0.15, 0.2) is 0 Å². The minimum atomic E-state index is -0.408. The molecule has 2 aromatic rings.